The Bertz CT molecular complexity index is 299. The van der Waals surface area contributed by atoms with Crippen LogP contribution in [0.5, 0.6) is 0 Å². The fourth-order valence-electron chi connectivity index (χ4n) is 0.973. The Kier molecular flexibility index (Phi) is 2.19. The number of rotatable bonds is 1. The molecule has 1 aromatic heterocycles. The molecule has 12 heavy (non-hydrogen) atoms. The Balaban J connectivity index is 3.28. The van der Waals surface area contributed by atoms with Gasteiger partial charge in [-0.3, -0.25) is 4.68 Å². The van der Waals surface area contributed by atoms with Gasteiger partial charge in [-0.15, -0.1) is 0 Å². The molecule has 68 valence electrons. The van der Waals surface area contributed by atoms with E-state index in [1.54, 1.807) is 25.6 Å². The molecule has 1 aromatic rings. The lowest BCUT2D eigenvalue weighted by Crippen LogP contribution is -2.17. The van der Waals surface area contributed by atoms with Crippen LogP contribution in [0.25, 0.3) is 0 Å². The number of hydrogen-bond acceptors (Lipinski definition) is 2. The van der Waals surface area contributed by atoms with E-state index in [0.29, 0.717) is 10.7 Å². The van der Waals surface area contributed by atoms with Crippen molar-refractivity contribution < 1.29 is 5.11 Å². The number of aliphatic hydroxyl groups is 1. The fraction of sp³-hybridized carbons (Fsp3) is 0.625. The predicted molar refractivity (Wildman–Crippen MR) is 48.2 cm³/mol. The minimum Gasteiger partial charge on any atom is -0.384 e. The van der Waals surface area contributed by atoms with E-state index in [9.17, 15) is 5.11 Å². The molecule has 0 aliphatic rings. The van der Waals surface area contributed by atoms with Crippen LogP contribution in [0.4, 0.5) is 0 Å². The molecule has 0 aromatic carbocycles. The Morgan fingerprint density at radius 1 is 1.50 bits per heavy atom. The Morgan fingerprint density at radius 3 is 2.17 bits per heavy atom. The largest absolute Gasteiger partial charge is 0.384 e. The second-order valence-corrected chi connectivity index (χ2v) is 3.81. The van der Waals surface area contributed by atoms with Gasteiger partial charge in [0.1, 0.15) is 11.3 Å². The van der Waals surface area contributed by atoms with Gasteiger partial charge in [0.05, 0.1) is 10.7 Å². The van der Waals surface area contributed by atoms with Crippen molar-refractivity contribution >= 4 is 11.6 Å². The van der Waals surface area contributed by atoms with E-state index < -0.39 is 5.60 Å². The molecule has 0 aliphatic carbocycles. The fourth-order valence-corrected chi connectivity index (χ4v) is 1.36. The average molecular weight is 189 g/mol. The van der Waals surface area contributed by atoms with Gasteiger partial charge in [0.25, 0.3) is 0 Å². The van der Waals surface area contributed by atoms with Crippen molar-refractivity contribution in [2.45, 2.75) is 26.4 Å². The van der Waals surface area contributed by atoms with Crippen LogP contribution in [0, 0.1) is 6.92 Å². The average Bonchev–Trinajstić information content (AvgIpc) is 2.15. The summed E-state index contributed by atoms with van der Waals surface area (Å²) in [5, 5.41) is 14.3. The summed E-state index contributed by atoms with van der Waals surface area (Å²) in [7, 11) is 1.80. The van der Waals surface area contributed by atoms with Crippen molar-refractivity contribution in [3.05, 3.63) is 16.4 Å². The molecule has 0 saturated heterocycles. The highest BCUT2D eigenvalue weighted by atomic mass is 35.5. The van der Waals surface area contributed by atoms with Gasteiger partial charge in [0.15, 0.2) is 0 Å². The normalized spacial score (nSPS) is 12.2. The second kappa shape index (κ2) is 2.75. The lowest BCUT2D eigenvalue weighted by molar-refractivity contribution is 0.0733. The Labute approximate surface area is 77.0 Å². The van der Waals surface area contributed by atoms with Gasteiger partial charge < -0.3 is 5.11 Å². The van der Waals surface area contributed by atoms with E-state index in [0.717, 1.165) is 5.69 Å². The highest BCUT2D eigenvalue weighted by Gasteiger charge is 2.24. The first kappa shape index (κ1) is 9.55. The maximum absolute atomic E-state index is 9.65. The molecule has 0 bridgehead atoms. The van der Waals surface area contributed by atoms with Gasteiger partial charge in [-0.1, -0.05) is 11.6 Å². The Hall–Kier alpha value is -0.540. The molecule has 0 radical (unpaired) electrons. The highest BCUT2D eigenvalue weighted by molar-refractivity contribution is 6.32. The van der Waals surface area contributed by atoms with Crippen LogP contribution in [-0.4, -0.2) is 14.9 Å². The number of aryl methyl sites for hydroxylation is 1. The van der Waals surface area contributed by atoms with E-state index >= 15 is 0 Å². The standard InChI is InChI=1S/C8H13ClN2O/c1-5-6(9)7(8(2,3)12)10-11(5)4/h12H,1-4H3. The van der Waals surface area contributed by atoms with Crippen LogP contribution in [0.3, 0.4) is 0 Å². The molecular weight excluding hydrogens is 176 g/mol. The van der Waals surface area contributed by atoms with Gasteiger partial charge in [0, 0.05) is 7.05 Å². The Morgan fingerprint density at radius 2 is 2.00 bits per heavy atom. The lowest BCUT2D eigenvalue weighted by atomic mass is 10.1. The molecule has 4 heteroatoms. The molecule has 0 aliphatic heterocycles. The van der Waals surface area contributed by atoms with Gasteiger partial charge >= 0.3 is 0 Å². The summed E-state index contributed by atoms with van der Waals surface area (Å²) < 4.78 is 1.66. The minimum atomic E-state index is -0.969. The number of halogens is 1. The minimum absolute atomic E-state index is 0.532. The van der Waals surface area contributed by atoms with Crippen LogP contribution < -0.4 is 0 Å². The summed E-state index contributed by atoms with van der Waals surface area (Å²) in [4.78, 5) is 0. The zero-order valence-electron chi connectivity index (χ0n) is 7.72. The van der Waals surface area contributed by atoms with Gasteiger partial charge in [-0.25, -0.2) is 0 Å². The molecule has 0 saturated carbocycles. The van der Waals surface area contributed by atoms with Crippen LogP contribution in [0.15, 0.2) is 0 Å². The molecule has 1 rings (SSSR count). The SMILES string of the molecule is Cc1c(Cl)c(C(C)(C)O)nn1C. The first-order chi connectivity index (χ1) is 5.34. The third-order valence-electron chi connectivity index (χ3n) is 1.84. The molecule has 0 spiro atoms. The third-order valence-corrected chi connectivity index (χ3v) is 2.29. The molecule has 0 atom stereocenters. The summed E-state index contributed by atoms with van der Waals surface area (Å²) in [6, 6.07) is 0. The molecule has 1 heterocycles. The number of aromatic nitrogens is 2. The third kappa shape index (κ3) is 1.47. The van der Waals surface area contributed by atoms with Gasteiger partial charge in [-0.05, 0) is 20.8 Å². The second-order valence-electron chi connectivity index (χ2n) is 3.43. The van der Waals surface area contributed by atoms with Gasteiger partial charge in [-0.2, -0.15) is 5.10 Å². The van der Waals surface area contributed by atoms with Crippen LogP contribution in [-0.2, 0) is 12.6 Å². The topological polar surface area (TPSA) is 38.1 Å². The smallest absolute Gasteiger partial charge is 0.112 e. The van der Waals surface area contributed by atoms with Crippen LogP contribution in [0.1, 0.15) is 25.2 Å². The summed E-state index contributed by atoms with van der Waals surface area (Å²) in [5.74, 6) is 0. The zero-order valence-corrected chi connectivity index (χ0v) is 8.48. The summed E-state index contributed by atoms with van der Waals surface area (Å²) in [5.41, 5.74) is 0.432. The van der Waals surface area contributed by atoms with Crippen molar-refractivity contribution in [2.24, 2.45) is 7.05 Å². The molecule has 1 N–H and O–H groups in total. The summed E-state index contributed by atoms with van der Waals surface area (Å²) in [6.07, 6.45) is 0. The van der Waals surface area contributed by atoms with Crippen molar-refractivity contribution in [1.29, 1.82) is 0 Å². The van der Waals surface area contributed by atoms with Crippen LogP contribution in [0.2, 0.25) is 5.02 Å². The van der Waals surface area contributed by atoms with Gasteiger partial charge in [0.2, 0.25) is 0 Å². The first-order valence-corrected chi connectivity index (χ1v) is 4.13. The summed E-state index contributed by atoms with van der Waals surface area (Å²) >= 11 is 5.96. The summed E-state index contributed by atoms with van der Waals surface area (Å²) in [6.45, 7) is 5.20. The van der Waals surface area contributed by atoms with E-state index in [1.807, 2.05) is 6.92 Å². The number of hydrogen-bond donors (Lipinski definition) is 1. The van der Waals surface area contributed by atoms with Crippen molar-refractivity contribution in [3.8, 4) is 0 Å². The first-order valence-electron chi connectivity index (χ1n) is 3.76. The molecule has 0 fully saturated rings. The van der Waals surface area contributed by atoms with Crippen molar-refractivity contribution in [3.63, 3.8) is 0 Å². The quantitative estimate of drug-likeness (QED) is 0.727. The van der Waals surface area contributed by atoms with Crippen molar-refractivity contribution in [1.82, 2.24) is 9.78 Å². The highest BCUT2D eigenvalue weighted by Crippen LogP contribution is 2.28. The van der Waals surface area contributed by atoms with Crippen LogP contribution >= 0.6 is 11.6 Å². The van der Waals surface area contributed by atoms with E-state index in [-0.39, 0.29) is 0 Å². The molecule has 0 unspecified atom stereocenters. The van der Waals surface area contributed by atoms with E-state index in [2.05, 4.69) is 5.10 Å². The maximum atomic E-state index is 9.65. The molecule has 0 amide bonds. The van der Waals surface area contributed by atoms with E-state index in [1.165, 1.54) is 0 Å². The number of nitrogens with zero attached hydrogens (tertiary/aromatic N) is 2. The molecular formula is C8H13ClN2O. The maximum Gasteiger partial charge on any atom is 0.112 e. The van der Waals surface area contributed by atoms with E-state index in [4.69, 9.17) is 11.6 Å². The monoisotopic (exact) mass is 188 g/mol. The predicted octanol–water partition coefficient (Wildman–Crippen LogP) is 1.61. The zero-order chi connectivity index (χ0) is 9.52. The lowest BCUT2D eigenvalue weighted by Gasteiger charge is -2.13. The molecule has 3 nitrogen and oxygen atoms in total. The van der Waals surface area contributed by atoms with Crippen molar-refractivity contribution in [2.75, 3.05) is 0 Å².